The number of carbonyl (C=O) groups is 2. The summed E-state index contributed by atoms with van der Waals surface area (Å²) in [5.41, 5.74) is 9.41. The van der Waals surface area contributed by atoms with Gasteiger partial charge in [-0.05, 0) is 104 Å². The fraction of sp³-hybridized carbons (Fsp3) is 0.368. The Labute approximate surface area is 276 Å². The predicted octanol–water partition coefficient (Wildman–Crippen LogP) is 7.83. The molecule has 7 nitrogen and oxygen atoms in total. The summed E-state index contributed by atoms with van der Waals surface area (Å²) < 4.78 is 0. The zero-order valence-corrected chi connectivity index (χ0v) is 28.2. The fourth-order valence-electron chi connectivity index (χ4n) is 7.31. The second-order valence-electron chi connectivity index (χ2n) is 13.0. The molecule has 3 aromatic carbocycles. The molecule has 240 valence electrons. The van der Waals surface area contributed by atoms with Crippen molar-refractivity contribution in [3.05, 3.63) is 105 Å². The third kappa shape index (κ3) is 6.58. The topological polar surface area (TPSA) is 75.4 Å². The van der Waals surface area contributed by atoms with Crippen LogP contribution in [0.1, 0.15) is 66.0 Å². The summed E-state index contributed by atoms with van der Waals surface area (Å²) >= 11 is 6.36. The quantitative estimate of drug-likeness (QED) is 0.173. The van der Waals surface area contributed by atoms with Gasteiger partial charge in [0.15, 0.2) is 0 Å². The lowest BCUT2D eigenvalue weighted by Crippen LogP contribution is -2.57. The number of H-pyrrole nitrogens is 2. The minimum Gasteiger partial charge on any atom is -0.361 e. The van der Waals surface area contributed by atoms with Crippen LogP contribution in [0, 0.1) is 20.8 Å². The van der Waals surface area contributed by atoms with Crippen LogP contribution in [0.4, 0.5) is 0 Å². The molecule has 1 fully saturated rings. The number of aromatic amines is 2. The van der Waals surface area contributed by atoms with Crippen molar-refractivity contribution in [3.8, 4) is 0 Å². The molecule has 2 N–H and O–H groups in total. The normalized spacial score (nSPS) is 15.0. The maximum absolute atomic E-state index is 13.6. The number of halogens is 1. The van der Waals surface area contributed by atoms with Crippen molar-refractivity contribution in [2.45, 2.75) is 72.4 Å². The maximum Gasteiger partial charge on any atom is 0.234 e. The van der Waals surface area contributed by atoms with Crippen LogP contribution in [0.5, 0.6) is 0 Å². The van der Waals surface area contributed by atoms with E-state index in [4.69, 9.17) is 11.6 Å². The third-order valence-electron chi connectivity index (χ3n) is 9.93. The molecule has 0 spiro atoms. The van der Waals surface area contributed by atoms with Gasteiger partial charge >= 0.3 is 0 Å². The second-order valence-corrected chi connectivity index (χ2v) is 13.4. The molecular weight excluding hydrogens is 594 g/mol. The molecule has 0 radical (unpaired) electrons. The second kappa shape index (κ2) is 13.3. The smallest absolute Gasteiger partial charge is 0.234 e. The average molecular weight is 638 g/mol. The van der Waals surface area contributed by atoms with E-state index >= 15 is 0 Å². The van der Waals surface area contributed by atoms with E-state index in [9.17, 15) is 9.59 Å². The molecule has 8 heteroatoms. The van der Waals surface area contributed by atoms with Crippen LogP contribution in [0.2, 0.25) is 5.02 Å². The van der Waals surface area contributed by atoms with E-state index in [2.05, 4.69) is 72.4 Å². The number of fused-ring (bicyclic) bond motifs is 2. The maximum atomic E-state index is 13.6. The number of benzene rings is 3. The minimum absolute atomic E-state index is 0.0000136. The Balaban J connectivity index is 1.28. The van der Waals surface area contributed by atoms with Gasteiger partial charge in [-0.15, -0.1) is 0 Å². The minimum atomic E-state index is -0.239. The summed E-state index contributed by atoms with van der Waals surface area (Å²) in [5, 5.41) is 7.22. The number of rotatable bonds is 9. The Morgan fingerprint density at radius 2 is 1.57 bits per heavy atom. The molecule has 5 aromatic rings. The summed E-state index contributed by atoms with van der Waals surface area (Å²) in [6.07, 6.45) is 6.63. The van der Waals surface area contributed by atoms with E-state index in [1.54, 1.807) is 13.8 Å². The lowest BCUT2D eigenvalue weighted by atomic mass is 9.89. The van der Waals surface area contributed by atoms with Crippen molar-refractivity contribution in [1.82, 2.24) is 24.9 Å². The zero-order chi connectivity index (χ0) is 32.5. The molecule has 0 aliphatic carbocycles. The van der Waals surface area contributed by atoms with E-state index in [-0.39, 0.29) is 17.9 Å². The summed E-state index contributed by atoms with van der Waals surface area (Å²) in [6, 6.07) is 18.4. The lowest BCUT2D eigenvalue weighted by Gasteiger charge is -2.44. The standard InChI is InChI=1S/C38H44ClN5O2/c1-24-16-29(17-25(2)26(24)3)22-42(27(4)45)23-33(18-31-20-40-37-9-7-6-8-34(31)37)44(28(5)46)43-14-12-30(13-15-43)36-21-41-38-11-10-32(39)19-35(36)38/h6-11,16-17,19-21,30,33,40-41H,12-15,18,22-23H2,1-5H3/t33-/m1/s1. The molecule has 1 atom stereocenters. The molecule has 3 heterocycles. The Hall–Kier alpha value is -4.07. The molecule has 1 aliphatic heterocycles. The van der Waals surface area contributed by atoms with Crippen LogP contribution in [0.15, 0.2) is 67.0 Å². The highest BCUT2D eigenvalue weighted by molar-refractivity contribution is 6.31. The number of aryl methyl sites for hydroxylation is 2. The number of para-hydroxylation sites is 1. The summed E-state index contributed by atoms with van der Waals surface area (Å²) in [5.74, 6) is 0.360. The molecule has 1 aliphatic rings. The summed E-state index contributed by atoms with van der Waals surface area (Å²) in [6.45, 7) is 12.1. The third-order valence-corrected chi connectivity index (χ3v) is 10.2. The van der Waals surface area contributed by atoms with Crippen molar-refractivity contribution in [2.24, 2.45) is 0 Å². The number of aromatic nitrogens is 2. The monoisotopic (exact) mass is 637 g/mol. The van der Waals surface area contributed by atoms with Gasteiger partial charge in [-0.2, -0.15) is 0 Å². The number of nitrogens with one attached hydrogen (secondary N) is 2. The molecule has 2 aromatic heterocycles. The molecular formula is C38H44ClN5O2. The number of hydrogen-bond acceptors (Lipinski definition) is 3. The number of nitrogens with zero attached hydrogens (tertiary/aromatic N) is 3. The van der Waals surface area contributed by atoms with Crippen LogP contribution in [0.3, 0.4) is 0 Å². The van der Waals surface area contributed by atoms with Crippen LogP contribution >= 0.6 is 11.6 Å². The van der Waals surface area contributed by atoms with Crippen LogP contribution in [0.25, 0.3) is 21.8 Å². The van der Waals surface area contributed by atoms with E-state index in [1.165, 1.54) is 27.6 Å². The first-order valence-electron chi connectivity index (χ1n) is 16.3. The number of piperidine rings is 1. The van der Waals surface area contributed by atoms with Crippen molar-refractivity contribution in [2.75, 3.05) is 19.6 Å². The molecule has 0 saturated carbocycles. The fourth-order valence-corrected chi connectivity index (χ4v) is 7.48. The van der Waals surface area contributed by atoms with E-state index < -0.39 is 0 Å². The highest BCUT2D eigenvalue weighted by atomic mass is 35.5. The first-order valence-corrected chi connectivity index (χ1v) is 16.6. The zero-order valence-electron chi connectivity index (χ0n) is 27.5. The van der Waals surface area contributed by atoms with Crippen molar-refractivity contribution in [3.63, 3.8) is 0 Å². The first-order chi connectivity index (χ1) is 22.1. The van der Waals surface area contributed by atoms with Gasteiger partial charge in [-0.1, -0.05) is 41.9 Å². The Morgan fingerprint density at radius 3 is 2.26 bits per heavy atom. The van der Waals surface area contributed by atoms with Crippen LogP contribution in [-0.4, -0.2) is 62.4 Å². The van der Waals surface area contributed by atoms with Gasteiger partial charge in [-0.3, -0.25) is 14.6 Å². The largest absolute Gasteiger partial charge is 0.361 e. The number of hydrogen-bond donors (Lipinski definition) is 2. The summed E-state index contributed by atoms with van der Waals surface area (Å²) in [4.78, 5) is 35.5. The Kier molecular flexibility index (Phi) is 9.25. The van der Waals surface area contributed by atoms with Gasteiger partial charge in [-0.25, -0.2) is 5.01 Å². The van der Waals surface area contributed by atoms with Crippen molar-refractivity contribution >= 4 is 45.2 Å². The van der Waals surface area contributed by atoms with Gasteiger partial charge < -0.3 is 14.9 Å². The molecule has 6 rings (SSSR count). The first kappa shape index (κ1) is 31.9. The van der Waals surface area contributed by atoms with Crippen molar-refractivity contribution < 1.29 is 9.59 Å². The van der Waals surface area contributed by atoms with Crippen molar-refractivity contribution in [1.29, 1.82) is 0 Å². The van der Waals surface area contributed by atoms with Gasteiger partial charge in [0.2, 0.25) is 11.8 Å². The number of carbonyl (C=O) groups excluding carboxylic acids is 2. The molecule has 0 unspecified atom stereocenters. The number of hydrazine groups is 1. The Morgan fingerprint density at radius 1 is 0.891 bits per heavy atom. The van der Waals surface area contributed by atoms with Crippen LogP contribution in [-0.2, 0) is 22.6 Å². The van der Waals surface area contributed by atoms with E-state index in [0.29, 0.717) is 25.4 Å². The summed E-state index contributed by atoms with van der Waals surface area (Å²) in [7, 11) is 0. The Bertz CT molecular complexity index is 1860. The molecule has 46 heavy (non-hydrogen) atoms. The molecule has 2 amide bonds. The van der Waals surface area contributed by atoms with E-state index in [1.807, 2.05) is 40.2 Å². The predicted molar refractivity (Wildman–Crippen MR) is 187 cm³/mol. The average Bonchev–Trinajstić information content (AvgIpc) is 3.63. The molecule has 0 bridgehead atoms. The van der Waals surface area contributed by atoms with Crippen LogP contribution < -0.4 is 0 Å². The molecule has 1 saturated heterocycles. The van der Waals surface area contributed by atoms with Gasteiger partial charge in [0.05, 0.1) is 6.04 Å². The van der Waals surface area contributed by atoms with Gasteiger partial charge in [0.1, 0.15) is 0 Å². The SMILES string of the molecule is CC(=O)N(Cc1cc(C)c(C)c(C)c1)C[C@@H](Cc1c[nH]c2ccccc12)N(C(C)=O)N1CCC(c2c[nH]c3ccc(Cl)cc23)CC1. The van der Waals surface area contributed by atoms with Gasteiger partial charge in [0.25, 0.3) is 0 Å². The van der Waals surface area contributed by atoms with Gasteiger partial charge in [0, 0.05) is 79.2 Å². The van der Waals surface area contributed by atoms with E-state index in [0.717, 1.165) is 58.5 Å². The number of amides is 2. The lowest BCUT2D eigenvalue weighted by molar-refractivity contribution is -0.158. The highest BCUT2D eigenvalue weighted by Gasteiger charge is 2.34. The highest BCUT2D eigenvalue weighted by Crippen LogP contribution is 2.35.